The van der Waals surface area contributed by atoms with Gasteiger partial charge in [0.1, 0.15) is 5.75 Å². The van der Waals surface area contributed by atoms with Crippen molar-refractivity contribution in [1.82, 2.24) is 10.2 Å². The van der Waals surface area contributed by atoms with Crippen LogP contribution in [0.25, 0.3) is 0 Å². The molecule has 1 unspecified atom stereocenters. The van der Waals surface area contributed by atoms with Crippen molar-refractivity contribution in [3.05, 3.63) is 65.2 Å². The molecule has 1 aliphatic heterocycles. The summed E-state index contributed by atoms with van der Waals surface area (Å²) in [5.74, 6) is 0.143. The molecule has 1 aliphatic rings. The second-order valence-corrected chi connectivity index (χ2v) is 8.29. The van der Waals surface area contributed by atoms with E-state index in [1.807, 2.05) is 0 Å². The zero-order valence-electron chi connectivity index (χ0n) is 17.8. The van der Waals surface area contributed by atoms with Gasteiger partial charge in [-0.2, -0.15) is 0 Å². The zero-order chi connectivity index (χ0) is 21.3. The average molecular weight is 409 g/mol. The Labute approximate surface area is 179 Å². The lowest BCUT2D eigenvalue weighted by molar-refractivity contribution is -0.122. The Morgan fingerprint density at radius 3 is 2.33 bits per heavy atom. The van der Waals surface area contributed by atoms with E-state index in [0.717, 1.165) is 26.1 Å². The summed E-state index contributed by atoms with van der Waals surface area (Å²) < 4.78 is 0. The molecule has 5 nitrogen and oxygen atoms in total. The lowest BCUT2D eigenvalue weighted by Gasteiger charge is -2.25. The van der Waals surface area contributed by atoms with Crippen molar-refractivity contribution in [3.63, 3.8) is 0 Å². The number of rotatable bonds is 10. The van der Waals surface area contributed by atoms with Crippen LogP contribution in [0.5, 0.6) is 5.75 Å². The van der Waals surface area contributed by atoms with E-state index in [2.05, 4.69) is 41.4 Å². The summed E-state index contributed by atoms with van der Waals surface area (Å²) in [6, 6.07) is 14.8. The van der Waals surface area contributed by atoms with E-state index in [9.17, 15) is 14.7 Å². The molecule has 5 heteroatoms. The molecule has 1 atom stereocenters. The van der Waals surface area contributed by atoms with E-state index in [-0.39, 0.29) is 23.5 Å². The molecule has 0 saturated carbocycles. The van der Waals surface area contributed by atoms with Crippen molar-refractivity contribution >= 4 is 11.7 Å². The number of hydrogen-bond acceptors (Lipinski definition) is 4. The van der Waals surface area contributed by atoms with E-state index in [1.165, 1.54) is 36.1 Å². The van der Waals surface area contributed by atoms with Gasteiger partial charge in [-0.05, 0) is 75.5 Å². The van der Waals surface area contributed by atoms with Gasteiger partial charge in [0.05, 0.1) is 0 Å². The lowest BCUT2D eigenvalue weighted by atomic mass is 10.0. The topological polar surface area (TPSA) is 69.6 Å². The number of phenols is 1. The first-order chi connectivity index (χ1) is 14.5. The Hall–Kier alpha value is -2.66. The van der Waals surface area contributed by atoms with Crippen molar-refractivity contribution < 1.29 is 14.7 Å². The molecule has 0 aliphatic carbocycles. The monoisotopic (exact) mass is 408 g/mol. The van der Waals surface area contributed by atoms with Gasteiger partial charge in [0.25, 0.3) is 0 Å². The van der Waals surface area contributed by atoms with Crippen molar-refractivity contribution in [2.45, 2.75) is 51.5 Å². The number of hydrogen-bond donors (Lipinski definition) is 2. The predicted octanol–water partition coefficient (Wildman–Crippen LogP) is 3.88. The number of phenolic OH excluding ortho intramolecular Hbond substituents is 1. The molecule has 1 heterocycles. The molecule has 0 radical (unpaired) electrons. The molecular weight excluding hydrogens is 376 g/mol. The summed E-state index contributed by atoms with van der Waals surface area (Å²) in [5.41, 5.74) is 3.03. The Morgan fingerprint density at radius 1 is 1.00 bits per heavy atom. The number of likely N-dealkylation sites (tertiary alicyclic amines) is 1. The highest BCUT2D eigenvalue weighted by atomic mass is 16.3. The van der Waals surface area contributed by atoms with E-state index >= 15 is 0 Å². The molecule has 2 aromatic carbocycles. The van der Waals surface area contributed by atoms with Gasteiger partial charge in [0, 0.05) is 31.0 Å². The van der Waals surface area contributed by atoms with Crippen LogP contribution in [0.1, 0.15) is 53.6 Å². The van der Waals surface area contributed by atoms with Gasteiger partial charge < -0.3 is 15.3 Å². The Bertz CT molecular complexity index is 824. The highest BCUT2D eigenvalue weighted by molar-refractivity contribution is 5.96. The zero-order valence-corrected chi connectivity index (χ0v) is 17.8. The second kappa shape index (κ2) is 10.9. The number of aryl methyl sites for hydroxylation is 1. The van der Waals surface area contributed by atoms with Gasteiger partial charge in [-0.3, -0.25) is 9.59 Å². The second-order valence-electron chi connectivity index (χ2n) is 8.29. The number of amides is 1. The molecule has 0 bridgehead atoms. The third kappa shape index (κ3) is 6.99. The third-order valence-corrected chi connectivity index (χ3v) is 5.64. The summed E-state index contributed by atoms with van der Waals surface area (Å²) in [7, 11) is 0. The number of ketones is 1. The first-order valence-electron chi connectivity index (χ1n) is 10.9. The minimum atomic E-state index is -0.00364. The molecule has 160 valence electrons. The van der Waals surface area contributed by atoms with E-state index in [4.69, 9.17) is 0 Å². The van der Waals surface area contributed by atoms with Crippen molar-refractivity contribution in [1.29, 1.82) is 0 Å². The third-order valence-electron chi connectivity index (χ3n) is 5.64. The van der Waals surface area contributed by atoms with Crippen LogP contribution in [0.3, 0.4) is 0 Å². The van der Waals surface area contributed by atoms with Gasteiger partial charge in [-0.15, -0.1) is 0 Å². The number of benzene rings is 2. The average Bonchev–Trinajstić information content (AvgIpc) is 3.23. The fraction of sp³-hybridized carbons (Fsp3) is 0.440. The first kappa shape index (κ1) is 22.0. The lowest BCUT2D eigenvalue weighted by Crippen LogP contribution is -2.44. The smallest absolute Gasteiger partial charge is 0.220 e. The maximum absolute atomic E-state index is 12.6. The highest BCUT2D eigenvalue weighted by Gasteiger charge is 2.20. The summed E-state index contributed by atoms with van der Waals surface area (Å²) in [4.78, 5) is 27.2. The van der Waals surface area contributed by atoms with Gasteiger partial charge in [-0.25, -0.2) is 0 Å². The number of nitrogens with one attached hydrogen (secondary N) is 1. The van der Waals surface area contributed by atoms with Crippen molar-refractivity contribution in [2.24, 2.45) is 0 Å². The number of Topliss-reactive ketones (excluding diaryl/α,β-unsaturated/α-hetero) is 1. The fourth-order valence-electron chi connectivity index (χ4n) is 3.95. The maximum Gasteiger partial charge on any atom is 0.220 e. The molecule has 1 fully saturated rings. The maximum atomic E-state index is 12.6. The Morgan fingerprint density at radius 2 is 1.67 bits per heavy atom. The van der Waals surface area contributed by atoms with Crippen LogP contribution >= 0.6 is 0 Å². The normalized spacial score (nSPS) is 15.1. The summed E-state index contributed by atoms with van der Waals surface area (Å²) in [6.45, 7) is 5.14. The predicted molar refractivity (Wildman–Crippen MR) is 119 cm³/mol. The van der Waals surface area contributed by atoms with Crippen LogP contribution in [0.15, 0.2) is 48.5 Å². The summed E-state index contributed by atoms with van der Waals surface area (Å²) in [5, 5.41) is 12.5. The van der Waals surface area contributed by atoms with E-state index < -0.39 is 0 Å². The number of carbonyl (C=O) groups excluding carboxylic acids is 2. The van der Waals surface area contributed by atoms with Crippen LogP contribution in [-0.4, -0.2) is 47.4 Å². The standard InChI is InChI=1S/C25H32N2O3/c1-19-7-9-20(10-8-19)17-22(18-27-15-2-3-16-27)26-25(30)6-4-5-24(29)21-11-13-23(28)14-12-21/h7-14,22,28H,2-6,15-18H2,1H3,(H,26,30). The van der Waals surface area contributed by atoms with Crippen LogP contribution in [0, 0.1) is 6.92 Å². The number of aromatic hydroxyl groups is 1. The molecule has 1 amide bonds. The SMILES string of the molecule is Cc1ccc(CC(CN2CCCC2)NC(=O)CCCC(=O)c2ccc(O)cc2)cc1. The van der Waals surface area contributed by atoms with E-state index in [0.29, 0.717) is 24.8 Å². The first-order valence-corrected chi connectivity index (χ1v) is 10.9. The quantitative estimate of drug-likeness (QED) is 0.586. The molecule has 30 heavy (non-hydrogen) atoms. The van der Waals surface area contributed by atoms with Gasteiger partial charge >= 0.3 is 0 Å². The van der Waals surface area contributed by atoms with Crippen LogP contribution in [0.4, 0.5) is 0 Å². The number of carbonyl (C=O) groups is 2. The molecule has 3 rings (SSSR count). The summed E-state index contributed by atoms with van der Waals surface area (Å²) >= 11 is 0. The van der Waals surface area contributed by atoms with Gasteiger partial charge in [0.2, 0.25) is 5.91 Å². The Kier molecular flexibility index (Phi) is 8.03. The van der Waals surface area contributed by atoms with Crippen molar-refractivity contribution in [3.8, 4) is 5.75 Å². The minimum Gasteiger partial charge on any atom is -0.508 e. The molecule has 1 saturated heterocycles. The van der Waals surface area contributed by atoms with Crippen LogP contribution < -0.4 is 5.32 Å². The Balaban J connectivity index is 1.49. The molecule has 0 spiro atoms. The van der Waals surface area contributed by atoms with Gasteiger partial charge in [0.15, 0.2) is 5.78 Å². The molecular formula is C25H32N2O3. The molecule has 0 aromatic heterocycles. The van der Waals surface area contributed by atoms with E-state index in [1.54, 1.807) is 12.1 Å². The number of nitrogens with zero attached hydrogens (tertiary/aromatic N) is 1. The van der Waals surface area contributed by atoms with Crippen LogP contribution in [-0.2, 0) is 11.2 Å². The highest BCUT2D eigenvalue weighted by Crippen LogP contribution is 2.14. The summed E-state index contributed by atoms with van der Waals surface area (Å²) in [6.07, 6.45) is 4.46. The van der Waals surface area contributed by atoms with Crippen LogP contribution in [0.2, 0.25) is 0 Å². The fourth-order valence-corrected chi connectivity index (χ4v) is 3.95. The van der Waals surface area contributed by atoms with Gasteiger partial charge in [-0.1, -0.05) is 29.8 Å². The largest absolute Gasteiger partial charge is 0.508 e. The van der Waals surface area contributed by atoms with Crippen molar-refractivity contribution in [2.75, 3.05) is 19.6 Å². The minimum absolute atomic E-state index is 0.00364. The molecule has 2 N–H and O–H groups in total. The molecule has 2 aromatic rings.